The Morgan fingerprint density at radius 3 is 3.06 bits per heavy atom. The van der Waals surface area contributed by atoms with E-state index in [0.717, 1.165) is 24.5 Å². The number of ether oxygens (including phenoxy) is 1. The number of methoxy groups -OCH3 is 1. The maximum absolute atomic E-state index is 6.33. The van der Waals surface area contributed by atoms with Gasteiger partial charge >= 0.3 is 0 Å². The van der Waals surface area contributed by atoms with E-state index in [1.807, 2.05) is 12.1 Å². The molecule has 0 spiro atoms. The number of pyridine rings is 1. The quantitative estimate of drug-likeness (QED) is 0.838. The molecule has 1 fully saturated rings. The number of hydrogen-bond donors (Lipinski definition) is 1. The number of anilines is 1. The Morgan fingerprint density at radius 1 is 1.47 bits per heavy atom. The minimum atomic E-state index is 0.297. The predicted octanol–water partition coefficient (Wildman–Crippen LogP) is 3.30. The highest BCUT2D eigenvalue weighted by atomic mass is 35.5. The Hall–Kier alpha value is -0.960. The van der Waals surface area contributed by atoms with Gasteiger partial charge in [-0.15, -0.1) is 11.6 Å². The van der Waals surface area contributed by atoms with Crippen molar-refractivity contribution >= 4 is 17.4 Å². The Morgan fingerprint density at radius 2 is 2.29 bits per heavy atom. The van der Waals surface area contributed by atoms with E-state index < -0.39 is 0 Å². The van der Waals surface area contributed by atoms with Crippen LogP contribution in [0.5, 0.6) is 5.75 Å². The molecule has 1 aliphatic carbocycles. The molecule has 0 aromatic carbocycles. The van der Waals surface area contributed by atoms with Crippen LogP contribution >= 0.6 is 11.6 Å². The summed E-state index contributed by atoms with van der Waals surface area (Å²) in [7, 11) is 1.66. The summed E-state index contributed by atoms with van der Waals surface area (Å²) in [6.07, 6.45) is 6.65. The van der Waals surface area contributed by atoms with E-state index in [2.05, 4.69) is 10.3 Å². The van der Waals surface area contributed by atoms with Crippen LogP contribution in [-0.4, -0.2) is 24.0 Å². The van der Waals surface area contributed by atoms with Crippen LogP contribution in [0, 0.1) is 5.92 Å². The summed E-state index contributed by atoms with van der Waals surface area (Å²) in [5, 5.41) is 3.64. The fraction of sp³-hybridized carbons (Fsp3) is 0.615. The summed E-state index contributed by atoms with van der Waals surface area (Å²) in [6.45, 7) is 0.877. The van der Waals surface area contributed by atoms with Crippen molar-refractivity contribution in [2.75, 3.05) is 19.0 Å². The molecule has 1 aliphatic rings. The second kappa shape index (κ2) is 6.10. The smallest absolute Gasteiger partial charge is 0.168 e. The number of hydrogen-bond acceptors (Lipinski definition) is 3. The van der Waals surface area contributed by atoms with E-state index in [4.69, 9.17) is 16.3 Å². The van der Waals surface area contributed by atoms with Crippen molar-refractivity contribution in [2.45, 2.75) is 31.1 Å². The molecule has 0 aliphatic heterocycles. The van der Waals surface area contributed by atoms with Gasteiger partial charge in [-0.2, -0.15) is 0 Å². The second-order valence-electron chi connectivity index (χ2n) is 4.50. The predicted molar refractivity (Wildman–Crippen MR) is 70.9 cm³/mol. The minimum Gasteiger partial charge on any atom is -0.493 e. The van der Waals surface area contributed by atoms with Gasteiger partial charge in [0, 0.05) is 18.1 Å². The summed E-state index contributed by atoms with van der Waals surface area (Å²) >= 11 is 6.33. The largest absolute Gasteiger partial charge is 0.493 e. The van der Waals surface area contributed by atoms with Gasteiger partial charge in [-0.25, -0.2) is 4.98 Å². The SMILES string of the molecule is COc1cccnc1NCC1CCCCC1Cl. The van der Waals surface area contributed by atoms with Gasteiger partial charge in [0.1, 0.15) is 0 Å². The van der Waals surface area contributed by atoms with E-state index in [-0.39, 0.29) is 0 Å². The highest BCUT2D eigenvalue weighted by molar-refractivity contribution is 6.20. The summed E-state index contributed by atoms with van der Waals surface area (Å²) in [5.41, 5.74) is 0. The molecule has 1 N–H and O–H groups in total. The van der Waals surface area contributed by atoms with Crippen LogP contribution in [0.4, 0.5) is 5.82 Å². The van der Waals surface area contributed by atoms with Gasteiger partial charge in [-0.1, -0.05) is 12.8 Å². The molecule has 2 unspecified atom stereocenters. The van der Waals surface area contributed by atoms with Gasteiger partial charge in [0.05, 0.1) is 7.11 Å². The first-order valence-electron chi connectivity index (χ1n) is 6.18. The first-order valence-corrected chi connectivity index (χ1v) is 6.62. The maximum Gasteiger partial charge on any atom is 0.168 e. The molecule has 1 heterocycles. The number of alkyl halides is 1. The zero-order valence-corrected chi connectivity index (χ0v) is 10.9. The van der Waals surface area contributed by atoms with Crippen molar-refractivity contribution < 1.29 is 4.74 Å². The second-order valence-corrected chi connectivity index (χ2v) is 5.06. The number of nitrogens with one attached hydrogen (secondary N) is 1. The van der Waals surface area contributed by atoms with Crippen molar-refractivity contribution in [3.8, 4) is 5.75 Å². The third-order valence-corrected chi connectivity index (χ3v) is 3.91. The molecule has 0 bridgehead atoms. The Kier molecular flexibility index (Phi) is 4.49. The lowest BCUT2D eigenvalue weighted by Crippen LogP contribution is -2.27. The molecule has 3 nitrogen and oxygen atoms in total. The number of aromatic nitrogens is 1. The molecule has 1 saturated carbocycles. The highest BCUT2D eigenvalue weighted by Gasteiger charge is 2.23. The minimum absolute atomic E-state index is 0.297. The average molecular weight is 255 g/mol. The third-order valence-electron chi connectivity index (χ3n) is 3.34. The Bertz CT molecular complexity index is 359. The number of halogens is 1. The lowest BCUT2D eigenvalue weighted by atomic mass is 9.89. The van der Waals surface area contributed by atoms with Crippen LogP contribution in [0.2, 0.25) is 0 Å². The molecule has 0 radical (unpaired) electrons. The van der Waals surface area contributed by atoms with Crippen LogP contribution in [0.15, 0.2) is 18.3 Å². The molecule has 0 saturated heterocycles. The molecule has 2 rings (SSSR count). The monoisotopic (exact) mass is 254 g/mol. The molecule has 1 aromatic heterocycles. The van der Waals surface area contributed by atoms with Crippen LogP contribution in [0.25, 0.3) is 0 Å². The van der Waals surface area contributed by atoms with Gasteiger partial charge in [0.15, 0.2) is 11.6 Å². The van der Waals surface area contributed by atoms with E-state index in [9.17, 15) is 0 Å². The first-order chi connectivity index (χ1) is 8.31. The topological polar surface area (TPSA) is 34.1 Å². The van der Waals surface area contributed by atoms with Crippen LogP contribution < -0.4 is 10.1 Å². The van der Waals surface area contributed by atoms with Crippen molar-refractivity contribution in [1.82, 2.24) is 4.98 Å². The third kappa shape index (κ3) is 3.25. The highest BCUT2D eigenvalue weighted by Crippen LogP contribution is 2.29. The van der Waals surface area contributed by atoms with E-state index in [1.165, 1.54) is 19.3 Å². The standard InChI is InChI=1S/C13H19ClN2O/c1-17-12-7-4-8-15-13(12)16-9-10-5-2-3-6-11(10)14/h4,7-8,10-11H,2-3,5-6,9H2,1H3,(H,15,16). The molecular formula is C13H19ClN2O. The van der Waals surface area contributed by atoms with Crippen LogP contribution in [-0.2, 0) is 0 Å². The van der Waals surface area contributed by atoms with Gasteiger partial charge in [0.2, 0.25) is 0 Å². The lowest BCUT2D eigenvalue weighted by molar-refractivity contribution is 0.378. The zero-order chi connectivity index (χ0) is 12.1. The maximum atomic E-state index is 6.33. The summed E-state index contributed by atoms with van der Waals surface area (Å²) in [5.74, 6) is 2.14. The fourth-order valence-electron chi connectivity index (χ4n) is 2.31. The molecule has 1 aromatic rings. The van der Waals surface area contributed by atoms with E-state index in [1.54, 1.807) is 13.3 Å². The number of nitrogens with zero attached hydrogens (tertiary/aromatic N) is 1. The van der Waals surface area contributed by atoms with E-state index in [0.29, 0.717) is 11.3 Å². The summed E-state index contributed by atoms with van der Waals surface area (Å²) in [6, 6.07) is 3.78. The molecule has 4 heteroatoms. The van der Waals surface area contributed by atoms with Gasteiger partial charge in [-0.05, 0) is 30.9 Å². The van der Waals surface area contributed by atoms with Gasteiger partial charge < -0.3 is 10.1 Å². The lowest BCUT2D eigenvalue weighted by Gasteiger charge is -2.27. The Labute approximate surface area is 108 Å². The normalized spacial score (nSPS) is 24.4. The molecule has 94 valence electrons. The fourth-order valence-corrected chi connectivity index (χ4v) is 2.68. The zero-order valence-electron chi connectivity index (χ0n) is 10.2. The summed E-state index contributed by atoms with van der Waals surface area (Å²) in [4.78, 5) is 4.28. The van der Waals surface area contributed by atoms with Crippen molar-refractivity contribution in [2.24, 2.45) is 5.92 Å². The summed E-state index contributed by atoms with van der Waals surface area (Å²) < 4.78 is 5.25. The van der Waals surface area contributed by atoms with Crippen molar-refractivity contribution in [1.29, 1.82) is 0 Å². The Balaban J connectivity index is 1.92. The molecular weight excluding hydrogens is 236 g/mol. The van der Waals surface area contributed by atoms with Crippen molar-refractivity contribution in [3.05, 3.63) is 18.3 Å². The molecule has 0 amide bonds. The van der Waals surface area contributed by atoms with Crippen LogP contribution in [0.3, 0.4) is 0 Å². The van der Waals surface area contributed by atoms with Crippen molar-refractivity contribution in [3.63, 3.8) is 0 Å². The van der Waals surface area contributed by atoms with Gasteiger partial charge in [-0.3, -0.25) is 0 Å². The van der Waals surface area contributed by atoms with Crippen LogP contribution in [0.1, 0.15) is 25.7 Å². The molecule has 17 heavy (non-hydrogen) atoms. The van der Waals surface area contributed by atoms with Gasteiger partial charge in [0.25, 0.3) is 0 Å². The molecule has 2 atom stereocenters. The first kappa shape index (κ1) is 12.5. The average Bonchev–Trinajstić information content (AvgIpc) is 2.38. The number of rotatable bonds is 4. The van der Waals surface area contributed by atoms with E-state index >= 15 is 0 Å².